The van der Waals surface area contributed by atoms with Crippen molar-refractivity contribution in [1.82, 2.24) is 15.5 Å². The Morgan fingerprint density at radius 2 is 2.21 bits per heavy atom. The maximum atomic E-state index is 6.20. The summed E-state index contributed by atoms with van der Waals surface area (Å²) < 4.78 is 11.6. The van der Waals surface area contributed by atoms with Gasteiger partial charge in [-0.1, -0.05) is 19.1 Å². The summed E-state index contributed by atoms with van der Waals surface area (Å²) in [7, 11) is 1.83. The Morgan fingerprint density at radius 1 is 1.32 bits per heavy atom. The van der Waals surface area contributed by atoms with Crippen LogP contribution in [0.3, 0.4) is 0 Å². The first-order valence-corrected chi connectivity index (χ1v) is 10.7. The number of nitrogens with one attached hydrogen (secondary N) is 2. The average molecular weight is 389 g/mol. The predicted molar refractivity (Wildman–Crippen MR) is 114 cm³/mol. The van der Waals surface area contributed by atoms with E-state index in [4.69, 9.17) is 9.47 Å². The zero-order chi connectivity index (χ0) is 19.8. The van der Waals surface area contributed by atoms with E-state index < -0.39 is 0 Å². The number of hydrogen-bond donors (Lipinski definition) is 2. The number of benzene rings is 1. The van der Waals surface area contributed by atoms with Crippen LogP contribution in [0.1, 0.15) is 37.3 Å². The molecule has 0 aromatic heterocycles. The zero-order valence-electron chi connectivity index (χ0n) is 17.7. The third kappa shape index (κ3) is 6.11. The highest BCUT2D eigenvalue weighted by Crippen LogP contribution is 2.24. The lowest BCUT2D eigenvalue weighted by molar-refractivity contribution is 0.140. The first-order valence-electron chi connectivity index (χ1n) is 10.7. The maximum Gasteiger partial charge on any atom is 0.191 e. The molecule has 2 heterocycles. The minimum absolute atomic E-state index is 0.159. The van der Waals surface area contributed by atoms with Crippen molar-refractivity contribution in [3.8, 4) is 5.75 Å². The molecule has 2 saturated heterocycles. The molecule has 0 saturated carbocycles. The Hall–Kier alpha value is -1.79. The van der Waals surface area contributed by atoms with Gasteiger partial charge in [0.05, 0.1) is 13.2 Å². The van der Waals surface area contributed by atoms with E-state index in [-0.39, 0.29) is 6.10 Å². The monoisotopic (exact) mass is 388 g/mol. The molecule has 156 valence electrons. The van der Waals surface area contributed by atoms with Gasteiger partial charge in [-0.05, 0) is 50.4 Å². The molecule has 6 nitrogen and oxygen atoms in total. The highest BCUT2D eigenvalue weighted by atomic mass is 16.5. The number of guanidine groups is 1. The number of ether oxygens (including phenoxy) is 2. The third-order valence-corrected chi connectivity index (χ3v) is 5.54. The minimum atomic E-state index is 0.159. The summed E-state index contributed by atoms with van der Waals surface area (Å²) in [5, 5.41) is 6.94. The van der Waals surface area contributed by atoms with Crippen LogP contribution in [0.15, 0.2) is 23.2 Å². The van der Waals surface area contributed by atoms with Crippen LogP contribution in [-0.4, -0.2) is 63.4 Å². The molecule has 2 N–H and O–H groups in total. The Labute approximate surface area is 169 Å². The van der Waals surface area contributed by atoms with Gasteiger partial charge in [-0.25, -0.2) is 0 Å². The van der Waals surface area contributed by atoms with Crippen LogP contribution in [0.25, 0.3) is 0 Å². The van der Waals surface area contributed by atoms with E-state index in [1.165, 1.54) is 38.0 Å². The fourth-order valence-corrected chi connectivity index (χ4v) is 3.94. The van der Waals surface area contributed by atoms with Crippen LogP contribution in [-0.2, 0) is 11.3 Å². The number of aryl methyl sites for hydroxylation is 1. The van der Waals surface area contributed by atoms with Crippen molar-refractivity contribution < 1.29 is 9.47 Å². The standard InChI is InChI=1S/C22H36N4O2/c1-4-9-26-10-7-18(15-26)13-24-22(23-3)25-14-19-6-5-17(2)12-21(19)28-20-8-11-27-16-20/h5-6,12,18,20H,4,7-11,13-16H2,1-3H3,(H2,23,24,25). The van der Waals surface area contributed by atoms with Gasteiger partial charge < -0.3 is 25.0 Å². The number of aliphatic imine (C=N–C) groups is 1. The molecule has 6 heteroatoms. The summed E-state index contributed by atoms with van der Waals surface area (Å²) in [6, 6.07) is 6.39. The third-order valence-electron chi connectivity index (χ3n) is 5.54. The highest BCUT2D eigenvalue weighted by molar-refractivity contribution is 5.79. The molecule has 2 fully saturated rings. The van der Waals surface area contributed by atoms with E-state index in [1.807, 2.05) is 7.05 Å². The van der Waals surface area contributed by atoms with E-state index in [2.05, 4.69) is 52.6 Å². The number of likely N-dealkylation sites (tertiary alicyclic amines) is 1. The van der Waals surface area contributed by atoms with E-state index in [0.717, 1.165) is 36.8 Å². The van der Waals surface area contributed by atoms with Crippen LogP contribution < -0.4 is 15.4 Å². The first kappa shape index (κ1) is 20.9. The van der Waals surface area contributed by atoms with Crippen molar-refractivity contribution in [3.63, 3.8) is 0 Å². The Bertz CT molecular complexity index is 643. The first-order chi connectivity index (χ1) is 13.7. The van der Waals surface area contributed by atoms with Crippen molar-refractivity contribution in [2.45, 2.75) is 45.8 Å². The topological polar surface area (TPSA) is 58.1 Å². The zero-order valence-corrected chi connectivity index (χ0v) is 17.7. The molecule has 2 unspecified atom stereocenters. The van der Waals surface area contributed by atoms with Gasteiger partial charge in [0.15, 0.2) is 5.96 Å². The highest BCUT2D eigenvalue weighted by Gasteiger charge is 2.22. The molecule has 28 heavy (non-hydrogen) atoms. The summed E-state index contributed by atoms with van der Waals surface area (Å²) in [6.45, 7) is 11.1. The SMILES string of the molecule is CCCN1CCC(CNC(=NC)NCc2ccc(C)cc2OC2CCOC2)C1. The molecule has 1 aromatic rings. The van der Waals surface area contributed by atoms with Crippen molar-refractivity contribution >= 4 is 5.96 Å². The molecule has 2 aliphatic rings. The lowest BCUT2D eigenvalue weighted by atomic mass is 10.1. The van der Waals surface area contributed by atoms with Crippen LogP contribution in [0.2, 0.25) is 0 Å². The second-order valence-corrected chi connectivity index (χ2v) is 7.98. The average Bonchev–Trinajstić information content (AvgIpc) is 3.36. The largest absolute Gasteiger partial charge is 0.488 e. The normalized spacial score (nSPS) is 23.2. The molecule has 0 spiro atoms. The number of rotatable bonds is 8. The summed E-state index contributed by atoms with van der Waals surface area (Å²) in [6.07, 6.45) is 3.62. The number of hydrogen-bond acceptors (Lipinski definition) is 4. The fraction of sp³-hybridized carbons (Fsp3) is 0.682. The molecular formula is C22H36N4O2. The Morgan fingerprint density at radius 3 is 2.96 bits per heavy atom. The molecule has 1 aromatic carbocycles. The summed E-state index contributed by atoms with van der Waals surface area (Å²) >= 11 is 0. The lowest BCUT2D eigenvalue weighted by Crippen LogP contribution is -2.40. The van der Waals surface area contributed by atoms with E-state index in [0.29, 0.717) is 19.1 Å². The Kier molecular flexibility index (Phi) is 7.98. The molecule has 2 atom stereocenters. The summed E-state index contributed by atoms with van der Waals surface area (Å²) in [5.74, 6) is 2.50. The van der Waals surface area contributed by atoms with Crippen LogP contribution in [0.4, 0.5) is 0 Å². The lowest BCUT2D eigenvalue weighted by Gasteiger charge is -2.19. The minimum Gasteiger partial charge on any atom is -0.488 e. The van der Waals surface area contributed by atoms with Gasteiger partial charge in [0, 0.05) is 38.7 Å². The van der Waals surface area contributed by atoms with Gasteiger partial charge in [0.1, 0.15) is 11.9 Å². The number of nitrogens with zero attached hydrogens (tertiary/aromatic N) is 2. The quantitative estimate of drug-likeness (QED) is 0.529. The van der Waals surface area contributed by atoms with Crippen molar-refractivity contribution in [2.24, 2.45) is 10.9 Å². The molecule has 2 aliphatic heterocycles. The maximum absolute atomic E-state index is 6.20. The van der Waals surface area contributed by atoms with Crippen molar-refractivity contribution in [1.29, 1.82) is 0 Å². The second-order valence-electron chi connectivity index (χ2n) is 7.98. The molecule has 0 radical (unpaired) electrons. The summed E-state index contributed by atoms with van der Waals surface area (Å²) in [4.78, 5) is 6.95. The van der Waals surface area contributed by atoms with E-state index in [1.54, 1.807) is 0 Å². The van der Waals surface area contributed by atoms with Gasteiger partial charge in [0.25, 0.3) is 0 Å². The van der Waals surface area contributed by atoms with Crippen molar-refractivity contribution in [2.75, 3.05) is 46.4 Å². The fourth-order valence-electron chi connectivity index (χ4n) is 3.94. The van der Waals surface area contributed by atoms with Crippen LogP contribution >= 0.6 is 0 Å². The summed E-state index contributed by atoms with van der Waals surface area (Å²) in [5.41, 5.74) is 2.36. The van der Waals surface area contributed by atoms with Gasteiger partial charge in [0.2, 0.25) is 0 Å². The van der Waals surface area contributed by atoms with Crippen molar-refractivity contribution in [3.05, 3.63) is 29.3 Å². The second kappa shape index (κ2) is 10.7. The van der Waals surface area contributed by atoms with E-state index in [9.17, 15) is 0 Å². The van der Waals surface area contributed by atoms with Crippen LogP contribution in [0.5, 0.6) is 5.75 Å². The molecule has 0 amide bonds. The smallest absolute Gasteiger partial charge is 0.191 e. The predicted octanol–water partition coefficient (Wildman–Crippen LogP) is 2.56. The van der Waals surface area contributed by atoms with Gasteiger partial charge in [-0.2, -0.15) is 0 Å². The molecule has 0 bridgehead atoms. The van der Waals surface area contributed by atoms with Gasteiger partial charge >= 0.3 is 0 Å². The van der Waals surface area contributed by atoms with Crippen LogP contribution in [0, 0.1) is 12.8 Å². The van der Waals surface area contributed by atoms with E-state index >= 15 is 0 Å². The Balaban J connectivity index is 1.49. The molecule has 0 aliphatic carbocycles. The van der Waals surface area contributed by atoms with Gasteiger partial charge in [-0.3, -0.25) is 4.99 Å². The van der Waals surface area contributed by atoms with Gasteiger partial charge in [-0.15, -0.1) is 0 Å². The molecular weight excluding hydrogens is 352 g/mol. The molecule has 3 rings (SSSR count).